The molecule has 0 bridgehead atoms. The highest BCUT2D eigenvalue weighted by atomic mass is 32.1. The summed E-state index contributed by atoms with van der Waals surface area (Å²) in [6.07, 6.45) is 0.268. The van der Waals surface area contributed by atoms with Gasteiger partial charge in [-0.3, -0.25) is 9.69 Å². The Morgan fingerprint density at radius 1 is 1.67 bits per heavy atom. The van der Waals surface area contributed by atoms with E-state index in [1.165, 1.54) is 0 Å². The van der Waals surface area contributed by atoms with E-state index in [0.717, 1.165) is 11.4 Å². The van der Waals surface area contributed by atoms with Crippen molar-refractivity contribution in [1.82, 2.24) is 4.90 Å². The molecule has 0 aromatic carbocycles. The molecule has 1 rings (SSSR count). The molecule has 0 aliphatic heterocycles. The van der Waals surface area contributed by atoms with Gasteiger partial charge in [0.2, 0.25) is 0 Å². The van der Waals surface area contributed by atoms with Gasteiger partial charge in [-0.2, -0.15) is 0 Å². The number of Topliss-reactive ketones (excluding diaryl/α,β-unsaturated/α-hetero) is 1. The quantitative estimate of drug-likeness (QED) is 0.804. The molecule has 0 spiro atoms. The van der Waals surface area contributed by atoms with Crippen molar-refractivity contribution in [3.63, 3.8) is 0 Å². The lowest BCUT2D eigenvalue weighted by Crippen LogP contribution is -2.26. The summed E-state index contributed by atoms with van der Waals surface area (Å²) in [7, 11) is 1.89. The topological polar surface area (TPSA) is 40.5 Å². The maximum atomic E-state index is 10.8. The van der Waals surface area contributed by atoms with Crippen molar-refractivity contribution in [1.29, 1.82) is 0 Å². The van der Waals surface area contributed by atoms with E-state index in [0.29, 0.717) is 13.0 Å². The number of nitrogens with zero attached hydrogens (tertiary/aromatic N) is 1. The van der Waals surface area contributed by atoms with Crippen molar-refractivity contribution in [2.24, 2.45) is 0 Å². The van der Waals surface area contributed by atoms with E-state index in [9.17, 15) is 9.90 Å². The van der Waals surface area contributed by atoms with Crippen LogP contribution in [0.3, 0.4) is 0 Å². The Bertz CT molecular complexity index is 298. The van der Waals surface area contributed by atoms with Gasteiger partial charge in [0.05, 0.1) is 12.6 Å². The number of carbonyl (C=O) groups is 1. The Hall–Kier alpha value is -0.710. The minimum Gasteiger partial charge on any atom is -0.388 e. The molecule has 3 nitrogen and oxygen atoms in total. The standard InChI is InChI=1S/C11H17NO2S/c1-9(13)8-12(2)6-5-10(14)11-4-3-7-15-11/h3-4,7,10,14H,5-6,8H2,1-2H3/t10-/m1/s1. The lowest BCUT2D eigenvalue weighted by molar-refractivity contribution is -0.117. The molecular weight excluding hydrogens is 210 g/mol. The van der Waals surface area contributed by atoms with Crippen molar-refractivity contribution >= 4 is 17.1 Å². The van der Waals surface area contributed by atoms with Crippen LogP contribution in [0.15, 0.2) is 17.5 Å². The average molecular weight is 227 g/mol. The third kappa shape index (κ3) is 4.55. The van der Waals surface area contributed by atoms with Crippen LogP contribution in [0.25, 0.3) is 0 Å². The zero-order chi connectivity index (χ0) is 11.3. The number of ketones is 1. The number of aliphatic hydroxyl groups is 1. The van der Waals surface area contributed by atoms with Gasteiger partial charge in [-0.25, -0.2) is 0 Å². The van der Waals surface area contributed by atoms with Crippen LogP contribution in [0.2, 0.25) is 0 Å². The fourth-order valence-corrected chi connectivity index (χ4v) is 2.17. The predicted octanol–water partition coefficient (Wildman–Crippen LogP) is 1.69. The largest absolute Gasteiger partial charge is 0.388 e. The van der Waals surface area contributed by atoms with Crippen molar-refractivity contribution in [2.75, 3.05) is 20.1 Å². The summed E-state index contributed by atoms with van der Waals surface area (Å²) in [5.74, 6) is 0.156. The molecule has 0 aliphatic rings. The molecule has 1 aromatic heterocycles. The third-order valence-corrected chi connectivity index (χ3v) is 3.12. The summed E-state index contributed by atoms with van der Waals surface area (Å²) in [6, 6.07) is 3.86. The Labute approximate surface area is 94.3 Å². The van der Waals surface area contributed by atoms with Gasteiger partial charge in [-0.15, -0.1) is 11.3 Å². The molecule has 4 heteroatoms. The van der Waals surface area contributed by atoms with Crippen LogP contribution < -0.4 is 0 Å². The first-order valence-electron chi connectivity index (χ1n) is 4.99. The van der Waals surface area contributed by atoms with E-state index in [2.05, 4.69) is 0 Å². The van der Waals surface area contributed by atoms with Crippen LogP contribution in [0.5, 0.6) is 0 Å². The molecule has 0 unspecified atom stereocenters. The monoisotopic (exact) mass is 227 g/mol. The third-order valence-electron chi connectivity index (χ3n) is 2.15. The minimum absolute atomic E-state index is 0.156. The van der Waals surface area contributed by atoms with Crippen LogP contribution in [-0.2, 0) is 4.79 Å². The summed E-state index contributed by atoms with van der Waals surface area (Å²) >= 11 is 1.56. The van der Waals surface area contributed by atoms with E-state index >= 15 is 0 Å². The number of hydrogen-bond acceptors (Lipinski definition) is 4. The van der Waals surface area contributed by atoms with Gasteiger partial charge in [0.15, 0.2) is 0 Å². The average Bonchev–Trinajstić information content (AvgIpc) is 2.65. The van der Waals surface area contributed by atoms with Crippen molar-refractivity contribution in [3.8, 4) is 0 Å². The molecule has 0 aliphatic carbocycles. The molecule has 1 heterocycles. The van der Waals surface area contributed by atoms with Crippen LogP contribution in [0.1, 0.15) is 24.3 Å². The highest BCUT2D eigenvalue weighted by Crippen LogP contribution is 2.21. The van der Waals surface area contributed by atoms with Crippen LogP contribution in [-0.4, -0.2) is 35.9 Å². The second-order valence-corrected chi connectivity index (χ2v) is 4.74. The van der Waals surface area contributed by atoms with Crippen LogP contribution >= 0.6 is 11.3 Å². The van der Waals surface area contributed by atoms with E-state index in [-0.39, 0.29) is 5.78 Å². The lowest BCUT2D eigenvalue weighted by atomic mass is 10.2. The molecule has 0 saturated heterocycles. The lowest BCUT2D eigenvalue weighted by Gasteiger charge is -2.16. The highest BCUT2D eigenvalue weighted by Gasteiger charge is 2.10. The molecule has 1 atom stereocenters. The van der Waals surface area contributed by atoms with Crippen LogP contribution in [0.4, 0.5) is 0 Å². The Morgan fingerprint density at radius 3 is 2.93 bits per heavy atom. The molecule has 1 N–H and O–H groups in total. The second kappa shape index (κ2) is 6.00. The van der Waals surface area contributed by atoms with Gasteiger partial charge in [0, 0.05) is 11.4 Å². The van der Waals surface area contributed by atoms with Gasteiger partial charge in [0.1, 0.15) is 5.78 Å². The summed E-state index contributed by atoms with van der Waals surface area (Å²) in [5, 5.41) is 11.7. The van der Waals surface area contributed by atoms with Gasteiger partial charge >= 0.3 is 0 Å². The van der Waals surface area contributed by atoms with Gasteiger partial charge in [-0.1, -0.05) is 6.07 Å². The zero-order valence-electron chi connectivity index (χ0n) is 9.14. The molecule has 0 radical (unpaired) electrons. The van der Waals surface area contributed by atoms with E-state index in [1.807, 2.05) is 29.5 Å². The number of hydrogen-bond donors (Lipinski definition) is 1. The Morgan fingerprint density at radius 2 is 2.40 bits per heavy atom. The fraction of sp³-hybridized carbons (Fsp3) is 0.545. The summed E-state index contributed by atoms with van der Waals surface area (Å²) in [6.45, 7) is 2.77. The number of carbonyl (C=O) groups excluding carboxylic acids is 1. The SMILES string of the molecule is CC(=O)CN(C)CC[C@@H](O)c1cccs1. The highest BCUT2D eigenvalue weighted by molar-refractivity contribution is 7.10. The predicted molar refractivity (Wildman–Crippen MR) is 62.1 cm³/mol. The number of aliphatic hydroxyl groups excluding tert-OH is 1. The number of likely N-dealkylation sites (N-methyl/N-ethyl adjacent to an activating group) is 1. The smallest absolute Gasteiger partial charge is 0.143 e. The number of thiophene rings is 1. The van der Waals surface area contributed by atoms with Crippen molar-refractivity contribution in [3.05, 3.63) is 22.4 Å². The summed E-state index contributed by atoms with van der Waals surface area (Å²) in [4.78, 5) is 13.7. The Kier molecular flexibility index (Phi) is 4.94. The molecule has 1 aromatic rings. The van der Waals surface area contributed by atoms with Gasteiger partial charge < -0.3 is 5.11 Å². The molecule has 0 saturated carbocycles. The molecular formula is C11H17NO2S. The minimum atomic E-state index is -0.403. The molecule has 15 heavy (non-hydrogen) atoms. The normalized spacial score (nSPS) is 13.1. The molecule has 0 fully saturated rings. The van der Waals surface area contributed by atoms with E-state index in [1.54, 1.807) is 18.3 Å². The molecule has 84 valence electrons. The summed E-state index contributed by atoms with van der Waals surface area (Å²) in [5.41, 5.74) is 0. The molecule has 0 amide bonds. The van der Waals surface area contributed by atoms with Crippen LogP contribution in [0, 0.1) is 0 Å². The second-order valence-electron chi connectivity index (χ2n) is 3.76. The first-order chi connectivity index (χ1) is 7.09. The van der Waals surface area contributed by atoms with Crippen molar-refractivity contribution in [2.45, 2.75) is 19.4 Å². The first kappa shape index (κ1) is 12.4. The fourth-order valence-electron chi connectivity index (χ4n) is 1.42. The maximum Gasteiger partial charge on any atom is 0.143 e. The Balaban J connectivity index is 2.28. The van der Waals surface area contributed by atoms with E-state index < -0.39 is 6.10 Å². The van der Waals surface area contributed by atoms with Gasteiger partial charge in [0.25, 0.3) is 0 Å². The summed E-state index contributed by atoms with van der Waals surface area (Å²) < 4.78 is 0. The number of rotatable bonds is 6. The zero-order valence-corrected chi connectivity index (χ0v) is 9.96. The first-order valence-corrected chi connectivity index (χ1v) is 5.87. The van der Waals surface area contributed by atoms with Crippen molar-refractivity contribution < 1.29 is 9.90 Å². The van der Waals surface area contributed by atoms with Gasteiger partial charge in [-0.05, 0) is 31.8 Å². The maximum absolute atomic E-state index is 10.8. The van der Waals surface area contributed by atoms with E-state index in [4.69, 9.17) is 0 Å².